The van der Waals surface area contributed by atoms with Gasteiger partial charge in [-0.25, -0.2) is 9.37 Å². The highest BCUT2D eigenvalue weighted by Crippen LogP contribution is 2.29. The van der Waals surface area contributed by atoms with Gasteiger partial charge in [0.15, 0.2) is 0 Å². The van der Waals surface area contributed by atoms with E-state index in [2.05, 4.69) is 31.1 Å². The number of nitrogens with zero attached hydrogens (tertiary/aromatic N) is 1. The van der Waals surface area contributed by atoms with Gasteiger partial charge in [0.2, 0.25) is 0 Å². The summed E-state index contributed by atoms with van der Waals surface area (Å²) in [6.07, 6.45) is 1.83. The monoisotopic (exact) mass is 298 g/mol. The van der Waals surface area contributed by atoms with E-state index in [-0.39, 0.29) is 11.2 Å². The number of hydrogen-bond donors (Lipinski definition) is 1. The molecular weight excluding hydrogens is 283 g/mol. The van der Waals surface area contributed by atoms with E-state index < -0.39 is 0 Å². The predicted octanol–water partition coefficient (Wildman–Crippen LogP) is 4.85. The maximum Gasteiger partial charge on any atom is 0.147 e. The fourth-order valence-corrected chi connectivity index (χ4v) is 2.72. The van der Waals surface area contributed by atoms with Gasteiger partial charge in [0.25, 0.3) is 0 Å². The van der Waals surface area contributed by atoms with Crippen LogP contribution in [0.25, 0.3) is 0 Å². The zero-order valence-electron chi connectivity index (χ0n) is 11.1. The van der Waals surface area contributed by atoms with Gasteiger partial charge in [-0.1, -0.05) is 38.4 Å². The summed E-state index contributed by atoms with van der Waals surface area (Å²) < 4.78 is 13.6. The summed E-state index contributed by atoms with van der Waals surface area (Å²) in [7, 11) is 0. The van der Waals surface area contributed by atoms with Crippen LogP contribution in [0.1, 0.15) is 30.7 Å². The molecule has 0 aliphatic carbocycles. The van der Waals surface area contributed by atoms with Crippen molar-refractivity contribution in [3.8, 4) is 0 Å². The highest BCUT2D eigenvalue weighted by atomic mass is 35.5. The Bertz CT molecular complexity index is 555. The van der Waals surface area contributed by atoms with Crippen molar-refractivity contribution in [1.82, 2.24) is 4.98 Å². The van der Waals surface area contributed by atoms with Gasteiger partial charge in [-0.15, -0.1) is 11.3 Å². The Labute approximate surface area is 121 Å². The molecule has 19 heavy (non-hydrogen) atoms. The number of benzene rings is 1. The summed E-state index contributed by atoms with van der Waals surface area (Å²) in [6, 6.07) is 4.65. The molecule has 0 fully saturated rings. The third-order valence-corrected chi connectivity index (χ3v) is 4.34. The molecule has 0 aliphatic rings. The second-order valence-electron chi connectivity index (χ2n) is 5.33. The molecule has 2 rings (SSSR count). The first kappa shape index (κ1) is 14.3. The molecule has 0 spiro atoms. The van der Waals surface area contributed by atoms with Crippen LogP contribution in [0.15, 0.2) is 24.4 Å². The Morgan fingerprint density at radius 3 is 2.68 bits per heavy atom. The van der Waals surface area contributed by atoms with Gasteiger partial charge < -0.3 is 5.32 Å². The van der Waals surface area contributed by atoms with Crippen LogP contribution in [-0.2, 0) is 12.0 Å². The van der Waals surface area contributed by atoms with Crippen molar-refractivity contribution in [2.24, 2.45) is 0 Å². The van der Waals surface area contributed by atoms with E-state index in [0.717, 1.165) is 9.88 Å². The predicted molar refractivity (Wildman–Crippen MR) is 79.6 cm³/mol. The maximum absolute atomic E-state index is 13.6. The lowest BCUT2D eigenvalue weighted by molar-refractivity contribution is 0.585. The minimum atomic E-state index is -0.340. The van der Waals surface area contributed by atoms with Gasteiger partial charge in [-0.3, -0.25) is 0 Å². The highest BCUT2D eigenvalue weighted by Gasteiger charge is 2.18. The van der Waals surface area contributed by atoms with Crippen molar-refractivity contribution in [2.75, 3.05) is 5.32 Å². The van der Waals surface area contributed by atoms with Gasteiger partial charge in [-0.2, -0.15) is 0 Å². The van der Waals surface area contributed by atoms with E-state index in [4.69, 9.17) is 11.6 Å². The van der Waals surface area contributed by atoms with Crippen LogP contribution in [0.2, 0.25) is 5.02 Å². The Morgan fingerprint density at radius 1 is 1.37 bits per heavy atom. The summed E-state index contributed by atoms with van der Waals surface area (Å²) in [5.74, 6) is -0.340. The molecule has 102 valence electrons. The Hall–Kier alpha value is -1.13. The van der Waals surface area contributed by atoms with Crippen LogP contribution in [0.4, 0.5) is 10.1 Å². The number of hydrogen-bond acceptors (Lipinski definition) is 3. The number of aromatic nitrogens is 1. The molecule has 0 aliphatic heterocycles. The first-order valence-electron chi connectivity index (χ1n) is 6.01. The zero-order valence-corrected chi connectivity index (χ0v) is 12.7. The molecule has 5 heteroatoms. The largest absolute Gasteiger partial charge is 0.377 e. The molecule has 0 unspecified atom stereocenters. The van der Waals surface area contributed by atoms with E-state index in [1.807, 2.05) is 6.20 Å². The number of nitrogens with one attached hydrogen (secondary N) is 1. The highest BCUT2D eigenvalue weighted by molar-refractivity contribution is 7.11. The van der Waals surface area contributed by atoms with Gasteiger partial charge in [0.1, 0.15) is 5.82 Å². The third-order valence-electron chi connectivity index (χ3n) is 2.60. The third kappa shape index (κ3) is 3.45. The molecule has 1 aromatic heterocycles. The zero-order chi connectivity index (χ0) is 14.0. The number of anilines is 1. The summed E-state index contributed by atoms with van der Waals surface area (Å²) >= 11 is 7.59. The Balaban J connectivity index is 2.09. The molecule has 0 atom stereocenters. The molecule has 1 aromatic carbocycles. The van der Waals surface area contributed by atoms with Crippen molar-refractivity contribution >= 4 is 28.6 Å². The van der Waals surface area contributed by atoms with Crippen LogP contribution >= 0.6 is 22.9 Å². The quantitative estimate of drug-likeness (QED) is 0.876. The lowest BCUT2D eigenvalue weighted by atomic mass is 9.98. The normalized spacial score (nSPS) is 11.6. The van der Waals surface area contributed by atoms with Crippen LogP contribution in [0, 0.1) is 5.82 Å². The first-order chi connectivity index (χ1) is 8.88. The van der Waals surface area contributed by atoms with Crippen LogP contribution in [0.5, 0.6) is 0 Å². The standard InChI is InChI=1S/C14H16ClFN2S/c1-14(2,3)13-18-8-9(19-13)7-17-12-10(15)5-4-6-11(12)16/h4-6,8,17H,7H2,1-3H3. The summed E-state index contributed by atoms with van der Waals surface area (Å²) in [5.41, 5.74) is 0.383. The molecule has 0 saturated carbocycles. The maximum atomic E-state index is 13.6. The molecule has 0 saturated heterocycles. The first-order valence-corrected chi connectivity index (χ1v) is 7.20. The fraction of sp³-hybridized carbons (Fsp3) is 0.357. The number of thiazole rings is 1. The molecule has 1 heterocycles. The second-order valence-corrected chi connectivity index (χ2v) is 6.85. The summed E-state index contributed by atoms with van der Waals surface area (Å²) in [4.78, 5) is 5.46. The van der Waals surface area contributed by atoms with Gasteiger partial charge in [0, 0.05) is 16.5 Å². The molecule has 1 N–H and O–H groups in total. The summed E-state index contributed by atoms with van der Waals surface area (Å²) in [6.45, 7) is 6.89. The SMILES string of the molecule is CC(C)(C)c1ncc(CNc2c(F)cccc2Cl)s1. The van der Waals surface area contributed by atoms with Gasteiger partial charge in [0.05, 0.1) is 22.3 Å². The molecular formula is C14H16ClFN2S. The minimum absolute atomic E-state index is 0.0402. The second kappa shape index (κ2) is 5.47. The van der Waals surface area contributed by atoms with E-state index in [1.165, 1.54) is 6.07 Å². The van der Waals surface area contributed by atoms with Crippen LogP contribution in [0.3, 0.4) is 0 Å². The van der Waals surface area contributed by atoms with Crippen LogP contribution in [-0.4, -0.2) is 4.98 Å². The van der Waals surface area contributed by atoms with Gasteiger partial charge in [-0.05, 0) is 12.1 Å². The molecule has 2 aromatic rings. The lowest BCUT2D eigenvalue weighted by Gasteiger charge is -2.13. The van der Waals surface area contributed by atoms with E-state index >= 15 is 0 Å². The van der Waals surface area contributed by atoms with E-state index in [1.54, 1.807) is 23.5 Å². The van der Waals surface area contributed by atoms with E-state index in [0.29, 0.717) is 17.3 Å². The average molecular weight is 299 g/mol. The van der Waals surface area contributed by atoms with Crippen molar-refractivity contribution in [1.29, 1.82) is 0 Å². The topological polar surface area (TPSA) is 24.9 Å². The Kier molecular flexibility index (Phi) is 4.11. The molecule has 0 amide bonds. The minimum Gasteiger partial charge on any atom is -0.377 e. The number of para-hydroxylation sites is 1. The molecule has 2 nitrogen and oxygen atoms in total. The lowest BCUT2D eigenvalue weighted by Crippen LogP contribution is -2.09. The number of rotatable bonds is 3. The van der Waals surface area contributed by atoms with Crippen molar-refractivity contribution < 1.29 is 4.39 Å². The number of halogens is 2. The van der Waals surface area contributed by atoms with Crippen molar-refractivity contribution in [3.63, 3.8) is 0 Å². The van der Waals surface area contributed by atoms with Crippen molar-refractivity contribution in [3.05, 3.63) is 45.1 Å². The van der Waals surface area contributed by atoms with Crippen molar-refractivity contribution in [2.45, 2.75) is 32.7 Å². The molecule has 0 radical (unpaired) electrons. The Morgan fingerprint density at radius 2 is 2.11 bits per heavy atom. The molecule has 0 bridgehead atoms. The fourth-order valence-electron chi connectivity index (χ4n) is 1.58. The smallest absolute Gasteiger partial charge is 0.147 e. The summed E-state index contributed by atoms with van der Waals surface area (Å²) in [5, 5.41) is 4.49. The van der Waals surface area contributed by atoms with Gasteiger partial charge >= 0.3 is 0 Å². The average Bonchev–Trinajstić information content (AvgIpc) is 2.77. The van der Waals surface area contributed by atoms with Crippen LogP contribution < -0.4 is 5.32 Å². The van der Waals surface area contributed by atoms with E-state index in [9.17, 15) is 4.39 Å².